The van der Waals surface area contributed by atoms with Crippen molar-refractivity contribution in [1.82, 2.24) is 9.97 Å². The van der Waals surface area contributed by atoms with E-state index in [1.165, 1.54) is 30.4 Å². The minimum atomic E-state index is -0.489. The molecule has 0 amide bonds. The zero-order chi connectivity index (χ0) is 18.4. The average Bonchev–Trinajstić information content (AvgIpc) is 2.54. The second-order valence-corrected chi connectivity index (χ2v) is 7.21. The van der Waals surface area contributed by atoms with E-state index in [4.69, 9.17) is 4.74 Å². The van der Waals surface area contributed by atoms with E-state index >= 15 is 0 Å². The number of ether oxygens (including phenoxy) is 1. The predicted molar refractivity (Wildman–Crippen MR) is 101 cm³/mol. The zero-order valence-corrected chi connectivity index (χ0v) is 15.9. The van der Waals surface area contributed by atoms with Gasteiger partial charge in [-0.1, -0.05) is 37.1 Å². The molecule has 4 nitrogen and oxygen atoms in total. The second kappa shape index (κ2) is 8.24. The number of carbonyl (C=O) groups is 1. The van der Waals surface area contributed by atoms with Crippen LogP contribution < -0.4 is 0 Å². The van der Waals surface area contributed by atoms with Crippen molar-refractivity contribution in [2.75, 3.05) is 6.61 Å². The smallest absolute Gasteiger partial charge is 0.376 e. The van der Waals surface area contributed by atoms with E-state index in [9.17, 15) is 4.79 Å². The van der Waals surface area contributed by atoms with Gasteiger partial charge in [-0.2, -0.15) is 0 Å². The number of rotatable bonds is 5. The van der Waals surface area contributed by atoms with Crippen LogP contribution in [0.1, 0.15) is 70.1 Å². The minimum Gasteiger partial charge on any atom is -0.460 e. The van der Waals surface area contributed by atoms with Crippen LogP contribution in [0.15, 0.2) is 41.3 Å². The van der Waals surface area contributed by atoms with Crippen LogP contribution in [0.2, 0.25) is 0 Å². The summed E-state index contributed by atoms with van der Waals surface area (Å²) in [4.78, 5) is 19.7. The van der Waals surface area contributed by atoms with Crippen LogP contribution in [0.4, 0.5) is 0 Å². The van der Waals surface area contributed by atoms with Gasteiger partial charge in [-0.3, -0.25) is 0 Å². The zero-order valence-electron chi connectivity index (χ0n) is 15.9. The summed E-state index contributed by atoms with van der Waals surface area (Å²) >= 11 is 0. The summed E-state index contributed by atoms with van der Waals surface area (Å²) in [6.07, 6.45) is 13.4. The van der Waals surface area contributed by atoms with Gasteiger partial charge in [0.15, 0.2) is 0 Å². The van der Waals surface area contributed by atoms with Gasteiger partial charge in [0.1, 0.15) is 0 Å². The number of allylic oxidation sites excluding steroid dienone is 5. The van der Waals surface area contributed by atoms with Crippen molar-refractivity contribution in [3.63, 3.8) is 0 Å². The maximum atomic E-state index is 11.6. The van der Waals surface area contributed by atoms with E-state index in [1.807, 2.05) is 6.08 Å². The Kier molecular flexibility index (Phi) is 6.29. The molecule has 134 valence electrons. The highest BCUT2D eigenvalue weighted by Crippen LogP contribution is 2.40. The fourth-order valence-electron chi connectivity index (χ4n) is 3.25. The number of esters is 1. The largest absolute Gasteiger partial charge is 0.460 e. The summed E-state index contributed by atoms with van der Waals surface area (Å²) in [7, 11) is 0. The van der Waals surface area contributed by atoms with Crippen LogP contribution in [0.3, 0.4) is 0 Å². The molecule has 0 N–H and O–H groups in total. The predicted octanol–water partition coefficient (Wildman–Crippen LogP) is 5.14. The number of nitrogens with zero attached hydrogens (tertiary/aromatic N) is 2. The molecule has 4 heteroatoms. The summed E-state index contributed by atoms with van der Waals surface area (Å²) in [6, 6.07) is 0. The molecule has 0 aliphatic heterocycles. The van der Waals surface area contributed by atoms with Gasteiger partial charge in [0.2, 0.25) is 5.82 Å². The first kappa shape index (κ1) is 19.1. The van der Waals surface area contributed by atoms with Crippen molar-refractivity contribution in [2.45, 2.75) is 53.9 Å². The average molecular weight is 340 g/mol. The molecular weight excluding hydrogens is 312 g/mol. The molecule has 1 aliphatic rings. The normalized spacial score (nSPS) is 17.9. The van der Waals surface area contributed by atoms with Crippen LogP contribution >= 0.6 is 0 Å². The third-order valence-corrected chi connectivity index (χ3v) is 4.58. The van der Waals surface area contributed by atoms with Crippen molar-refractivity contribution in [1.29, 1.82) is 0 Å². The number of aromatic nitrogens is 2. The highest BCUT2D eigenvalue weighted by molar-refractivity contribution is 5.85. The lowest BCUT2D eigenvalue weighted by atomic mass is 9.72. The van der Waals surface area contributed by atoms with Crippen molar-refractivity contribution in [3.8, 4) is 0 Å². The monoisotopic (exact) mass is 340 g/mol. The van der Waals surface area contributed by atoms with E-state index in [-0.39, 0.29) is 11.2 Å². The molecule has 0 fully saturated rings. The van der Waals surface area contributed by atoms with E-state index in [0.717, 1.165) is 11.1 Å². The molecule has 0 radical (unpaired) electrons. The maximum absolute atomic E-state index is 11.6. The third-order valence-electron chi connectivity index (χ3n) is 4.58. The SMILES string of the molecule is CCOC(=O)c1ncc(/C=C(\C)C=CC2=C(C)CCCC2(C)C)cn1. The second-order valence-electron chi connectivity index (χ2n) is 7.21. The Morgan fingerprint density at radius 1 is 1.32 bits per heavy atom. The van der Waals surface area contributed by atoms with E-state index in [1.54, 1.807) is 19.3 Å². The first-order valence-electron chi connectivity index (χ1n) is 8.89. The van der Waals surface area contributed by atoms with Crippen molar-refractivity contribution in [3.05, 3.63) is 52.7 Å². The molecular formula is C21H28N2O2. The number of hydrogen-bond acceptors (Lipinski definition) is 4. The number of carbonyl (C=O) groups excluding carboxylic acids is 1. The Labute approximate surface area is 150 Å². The summed E-state index contributed by atoms with van der Waals surface area (Å²) in [6.45, 7) is 11.0. The van der Waals surface area contributed by atoms with Crippen molar-refractivity contribution < 1.29 is 9.53 Å². The first-order chi connectivity index (χ1) is 11.8. The van der Waals surface area contributed by atoms with Crippen LogP contribution in [0.5, 0.6) is 0 Å². The van der Waals surface area contributed by atoms with Gasteiger partial charge >= 0.3 is 5.97 Å². The summed E-state index contributed by atoms with van der Waals surface area (Å²) in [5.74, 6) is -0.395. The first-order valence-corrected chi connectivity index (χ1v) is 8.89. The lowest BCUT2D eigenvalue weighted by molar-refractivity contribution is 0.0512. The Bertz CT molecular complexity index is 710. The summed E-state index contributed by atoms with van der Waals surface area (Å²) < 4.78 is 4.89. The number of hydrogen-bond donors (Lipinski definition) is 0. The van der Waals surface area contributed by atoms with Gasteiger partial charge in [-0.25, -0.2) is 14.8 Å². The topological polar surface area (TPSA) is 52.1 Å². The molecule has 25 heavy (non-hydrogen) atoms. The maximum Gasteiger partial charge on any atom is 0.376 e. The fraction of sp³-hybridized carbons (Fsp3) is 0.476. The molecule has 0 saturated heterocycles. The Hall–Kier alpha value is -2.23. The molecule has 0 unspecified atom stereocenters. The molecule has 1 aromatic rings. The van der Waals surface area contributed by atoms with Gasteiger partial charge in [-0.15, -0.1) is 0 Å². The Morgan fingerprint density at radius 3 is 2.60 bits per heavy atom. The van der Waals surface area contributed by atoms with Gasteiger partial charge in [0.05, 0.1) is 6.61 Å². The molecule has 0 atom stereocenters. The quantitative estimate of drug-likeness (QED) is 0.550. The van der Waals surface area contributed by atoms with Gasteiger partial charge < -0.3 is 4.74 Å². The van der Waals surface area contributed by atoms with Crippen LogP contribution in [0, 0.1) is 5.41 Å². The Morgan fingerprint density at radius 2 is 2.00 bits per heavy atom. The molecule has 0 bridgehead atoms. The van der Waals surface area contributed by atoms with Crippen LogP contribution in [0.25, 0.3) is 6.08 Å². The van der Waals surface area contributed by atoms with E-state index < -0.39 is 5.97 Å². The highest BCUT2D eigenvalue weighted by Gasteiger charge is 2.26. The molecule has 0 saturated carbocycles. The lowest BCUT2D eigenvalue weighted by Crippen LogP contribution is -2.19. The van der Waals surface area contributed by atoms with Gasteiger partial charge in [0, 0.05) is 18.0 Å². The Balaban J connectivity index is 2.12. The van der Waals surface area contributed by atoms with Crippen molar-refractivity contribution >= 4 is 12.0 Å². The third kappa shape index (κ3) is 5.12. The summed E-state index contributed by atoms with van der Waals surface area (Å²) in [5.41, 5.74) is 5.16. The molecule has 1 aromatic heterocycles. The molecule has 2 rings (SSSR count). The lowest BCUT2D eigenvalue weighted by Gasteiger charge is -2.32. The molecule has 0 spiro atoms. The minimum absolute atomic E-state index is 0.0944. The summed E-state index contributed by atoms with van der Waals surface area (Å²) in [5, 5.41) is 0. The van der Waals surface area contributed by atoms with Crippen LogP contribution in [-0.4, -0.2) is 22.5 Å². The van der Waals surface area contributed by atoms with Crippen molar-refractivity contribution in [2.24, 2.45) is 5.41 Å². The standard InChI is InChI=1S/C21H28N2O2/c1-6-25-20(24)19-22-13-17(14-23-19)12-15(2)9-10-18-16(3)8-7-11-21(18,4)5/h9-10,12-14H,6-8,11H2,1-5H3/b10-9?,15-12+. The van der Waals surface area contributed by atoms with Gasteiger partial charge in [-0.05, 0) is 57.1 Å². The molecule has 1 heterocycles. The van der Waals surface area contributed by atoms with Gasteiger partial charge in [0.25, 0.3) is 0 Å². The van der Waals surface area contributed by atoms with Crippen LogP contribution in [-0.2, 0) is 4.74 Å². The molecule has 1 aliphatic carbocycles. The fourth-order valence-corrected chi connectivity index (χ4v) is 3.25. The highest BCUT2D eigenvalue weighted by atomic mass is 16.5. The molecule has 0 aromatic carbocycles. The van der Waals surface area contributed by atoms with E-state index in [2.05, 4.69) is 49.8 Å². The van der Waals surface area contributed by atoms with E-state index in [0.29, 0.717) is 6.61 Å².